The highest BCUT2D eigenvalue weighted by atomic mass is 32.1. The van der Waals surface area contributed by atoms with E-state index in [1.807, 2.05) is 16.7 Å². The normalized spacial score (nSPS) is 16.2. The number of nitrogens with two attached hydrogens (primary N) is 1. The van der Waals surface area contributed by atoms with Crippen LogP contribution in [0.15, 0.2) is 54.9 Å². The molecule has 1 aliphatic heterocycles. The van der Waals surface area contributed by atoms with Gasteiger partial charge in [0.05, 0.1) is 21.5 Å². The van der Waals surface area contributed by atoms with E-state index in [2.05, 4.69) is 34.0 Å². The molecular weight excluding hydrogens is 511 g/mol. The van der Waals surface area contributed by atoms with Crippen LogP contribution in [0.3, 0.4) is 0 Å². The van der Waals surface area contributed by atoms with E-state index in [1.54, 1.807) is 19.3 Å². The van der Waals surface area contributed by atoms with E-state index < -0.39 is 23.6 Å². The van der Waals surface area contributed by atoms with Crippen LogP contribution in [0, 0.1) is 0 Å². The van der Waals surface area contributed by atoms with Crippen LogP contribution in [-0.4, -0.2) is 58.5 Å². The molecule has 2 N–H and O–H groups in total. The zero-order valence-electron chi connectivity index (χ0n) is 21.3. The SMILES string of the molecule is C[C@@H](Cc1cc(-n2cnc3ccc(CN4CCN(C)CC4)cc32)sc1C(N)=O)c1ccccc1C(F)(F)F. The maximum atomic E-state index is 13.6. The van der Waals surface area contributed by atoms with Crippen molar-refractivity contribution in [2.75, 3.05) is 33.2 Å². The Bertz CT molecular complexity index is 1450. The summed E-state index contributed by atoms with van der Waals surface area (Å²) in [4.78, 5) is 22.0. The molecule has 0 aliphatic carbocycles. The van der Waals surface area contributed by atoms with Crippen molar-refractivity contribution in [3.05, 3.63) is 82.0 Å². The Morgan fingerprint density at radius 3 is 2.55 bits per heavy atom. The fraction of sp³-hybridized carbons (Fsp3) is 0.357. The molecule has 0 radical (unpaired) electrons. The predicted molar refractivity (Wildman–Crippen MR) is 144 cm³/mol. The molecule has 4 aromatic rings. The van der Waals surface area contributed by atoms with E-state index in [4.69, 9.17) is 5.73 Å². The number of imidazole rings is 1. The van der Waals surface area contributed by atoms with Crippen molar-refractivity contribution in [3.63, 3.8) is 0 Å². The smallest absolute Gasteiger partial charge is 0.365 e. The number of aromatic nitrogens is 2. The lowest BCUT2D eigenvalue weighted by atomic mass is 9.90. The predicted octanol–water partition coefficient (Wildman–Crippen LogP) is 5.30. The van der Waals surface area contributed by atoms with Crippen molar-refractivity contribution in [2.24, 2.45) is 5.73 Å². The number of benzene rings is 2. The number of rotatable bonds is 7. The van der Waals surface area contributed by atoms with Crippen LogP contribution >= 0.6 is 11.3 Å². The lowest BCUT2D eigenvalue weighted by molar-refractivity contribution is -0.138. The van der Waals surface area contributed by atoms with Gasteiger partial charge in [-0.15, -0.1) is 11.3 Å². The molecule has 0 saturated carbocycles. The molecule has 10 heteroatoms. The molecule has 1 aliphatic rings. The second-order valence-corrected chi connectivity index (χ2v) is 11.0. The third-order valence-electron chi connectivity index (χ3n) is 7.19. The van der Waals surface area contributed by atoms with Crippen molar-refractivity contribution < 1.29 is 18.0 Å². The molecule has 0 unspecified atom stereocenters. The second-order valence-electron chi connectivity index (χ2n) is 10.0. The standard InChI is InChI=1S/C28H30F3N5OS/c1-18(21-5-3-4-6-22(21)28(29,30)31)13-20-15-25(38-26(20)27(32)37)36-17-33-23-8-7-19(14-24(23)36)16-35-11-9-34(2)10-12-35/h3-8,14-15,17-18H,9-13,16H2,1-2H3,(H2,32,37)/t18-/m0/s1. The Labute approximate surface area is 223 Å². The van der Waals surface area contributed by atoms with Crippen molar-refractivity contribution in [1.29, 1.82) is 0 Å². The highest BCUT2D eigenvalue weighted by molar-refractivity contribution is 7.16. The summed E-state index contributed by atoms with van der Waals surface area (Å²) in [5, 5.41) is 0.754. The molecule has 2 aromatic carbocycles. The van der Waals surface area contributed by atoms with Crippen molar-refractivity contribution in [1.82, 2.24) is 19.4 Å². The molecule has 3 heterocycles. The van der Waals surface area contributed by atoms with Crippen molar-refractivity contribution in [2.45, 2.75) is 32.0 Å². The average molecular weight is 542 g/mol. The number of piperazine rings is 1. The molecule has 0 bridgehead atoms. The van der Waals surface area contributed by atoms with Crippen LogP contribution in [0.25, 0.3) is 16.0 Å². The lowest BCUT2D eigenvalue weighted by Crippen LogP contribution is -2.43. The summed E-state index contributed by atoms with van der Waals surface area (Å²) in [6, 6.07) is 13.6. The number of likely N-dealkylation sites (N-methyl/N-ethyl adjacent to an activating group) is 1. The summed E-state index contributed by atoms with van der Waals surface area (Å²) < 4.78 is 42.7. The number of carbonyl (C=O) groups excluding carboxylic acids is 1. The zero-order chi connectivity index (χ0) is 27.0. The van der Waals surface area contributed by atoms with Gasteiger partial charge < -0.3 is 10.6 Å². The number of halogens is 3. The van der Waals surface area contributed by atoms with Crippen LogP contribution in [0.4, 0.5) is 13.2 Å². The van der Waals surface area contributed by atoms with Gasteiger partial charge in [-0.25, -0.2) is 4.98 Å². The van der Waals surface area contributed by atoms with E-state index in [0.29, 0.717) is 10.4 Å². The number of fused-ring (bicyclic) bond motifs is 1. The summed E-state index contributed by atoms with van der Waals surface area (Å²) in [7, 11) is 2.13. The second kappa shape index (κ2) is 10.5. The van der Waals surface area contributed by atoms with Crippen LogP contribution in [-0.2, 0) is 19.1 Å². The molecule has 5 rings (SSSR count). The summed E-state index contributed by atoms with van der Waals surface area (Å²) in [5.41, 5.74) is 8.80. The Morgan fingerprint density at radius 1 is 1.11 bits per heavy atom. The monoisotopic (exact) mass is 541 g/mol. The number of carbonyl (C=O) groups is 1. The van der Waals surface area contributed by atoms with E-state index in [0.717, 1.165) is 54.8 Å². The molecule has 6 nitrogen and oxygen atoms in total. The number of hydrogen-bond acceptors (Lipinski definition) is 5. The van der Waals surface area contributed by atoms with Gasteiger partial charge in [0.2, 0.25) is 0 Å². The first-order chi connectivity index (χ1) is 18.1. The van der Waals surface area contributed by atoms with Crippen LogP contribution in [0.5, 0.6) is 0 Å². The number of alkyl halides is 3. The van der Waals surface area contributed by atoms with Gasteiger partial charge in [0.15, 0.2) is 0 Å². The first-order valence-corrected chi connectivity index (χ1v) is 13.4. The molecule has 1 saturated heterocycles. The van der Waals surface area contributed by atoms with E-state index in [9.17, 15) is 18.0 Å². The highest BCUT2D eigenvalue weighted by Gasteiger charge is 2.34. The molecular formula is C28H30F3N5OS. The van der Waals surface area contributed by atoms with Gasteiger partial charge in [-0.3, -0.25) is 14.3 Å². The lowest BCUT2D eigenvalue weighted by Gasteiger charge is -2.32. The Balaban J connectivity index is 1.44. The van der Waals surface area contributed by atoms with Gasteiger partial charge in [0.1, 0.15) is 11.3 Å². The Hall–Kier alpha value is -3.21. The molecule has 1 fully saturated rings. The summed E-state index contributed by atoms with van der Waals surface area (Å²) in [6.07, 6.45) is -2.48. The first-order valence-electron chi connectivity index (χ1n) is 12.6. The molecule has 0 spiro atoms. The topological polar surface area (TPSA) is 67.4 Å². The van der Waals surface area contributed by atoms with Gasteiger partial charge in [0.25, 0.3) is 5.91 Å². The minimum absolute atomic E-state index is 0.199. The number of primary amides is 1. The minimum Gasteiger partial charge on any atom is -0.365 e. The third-order valence-corrected chi connectivity index (χ3v) is 8.39. The largest absolute Gasteiger partial charge is 0.416 e. The van der Waals surface area contributed by atoms with Gasteiger partial charge in [0, 0.05) is 32.7 Å². The summed E-state index contributed by atoms with van der Waals surface area (Å²) >= 11 is 1.24. The van der Waals surface area contributed by atoms with E-state index >= 15 is 0 Å². The Kier molecular flexibility index (Phi) is 7.30. The summed E-state index contributed by atoms with van der Waals surface area (Å²) in [6.45, 7) is 6.69. The van der Waals surface area contributed by atoms with E-state index in [1.165, 1.54) is 29.0 Å². The fourth-order valence-electron chi connectivity index (χ4n) is 5.11. The average Bonchev–Trinajstić information content (AvgIpc) is 3.49. The van der Waals surface area contributed by atoms with Crippen LogP contribution < -0.4 is 5.73 Å². The number of amides is 1. The molecule has 1 atom stereocenters. The van der Waals surface area contributed by atoms with E-state index in [-0.39, 0.29) is 12.0 Å². The van der Waals surface area contributed by atoms with Gasteiger partial charge >= 0.3 is 6.18 Å². The van der Waals surface area contributed by atoms with Gasteiger partial charge in [-0.1, -0.05) is 31.2 Å². The number of nitrogens with zero attached hydrogens (tertiary/aromatic N) is 4. The van der Waals surface area contributed by atoms with Gasteiger partial charge in [-0.2, -0.15) is 13.2 Å². The zero-order valence-corrected chi connectivity index (χ0v) is 22.1. The highest BCUT2D eigenvalue weighted by Crippen LogP contribution is 2.38. The van der Waals surface area contributed by atoms with Crippen molar-refractivity contribution >= 4 is 28.3 Å². The Morgan fingerprint density at radius 2 is 1.84 bits per heavy atom. The quantitative estimate of drug-likeness (QED) is 0.345. The summed E-state index contributed by atoms with van der Waals surface area (Å²) in [5.74, 6) is -1.06. The molecule has 200 valence electrons. The number of thiophene rings is 1. The van der Waals surface area contributed by atoms with Crippen molar-refractivity contribution in [3.8, 4) is 5.00 Å². The fourth-order valence-corrected chi connectivity index (χ4v) is 6.14. The third kappa shape index (κ3) is 5.48. The maximum Gasteiger partial charge on any atom is 0.416 e. The van der Waals surface area contributed by atoms with Crippen LogP contribution in [0.2, 0.25) is 0 Å². The maximum absolute atomic E-state index is 13.6. The van der Waals surface area contributed by atoms with Gasteiger partial charge in [-0.05, 0) is 60.3 Å². The molecule has 2 aromatic heterocycles. The minimum atomic E-state index is -4.45. The van der Waals surface area contributed by atoms with Crippen LogP contribution in [0.1, 0.15) is 44.8 Å². The molecule has 38 heavy (non-hydrogen) atoms. The number of hydrogen-bond donors (Lipinski definition) is 1. The first kappa shape index (κ1) is 26.4. The molecule has 1 amide bonds.